The molecule has 2 N–H and O–H groups in total. The van der Waals surface area contributed by atoms with Gasteiger partial charge in [-0.2, -0.15) is 0 Å². The molecule has 0 saturated heterocycles. The predicted molar refractivity (Wildman–Crippen MR) is 70.7 cm³/mol. The van der Waals surface area contributed by atoms with Crippen LogP contribution in [0.3, 0.4) is 0 Å². The second-order valence-electron chi connectivity index (χ2n) is 3.88. The maximum absolute atomic E-state index is 5.02. The molecular formula is C12H22N4O. The smallest absolute Gasteiger partial charge is 0.134 e. The lowest BCUT2D eigenvalue weighted by Gasteiger charge is -2.13. The maximum atomic E-state index is 5.02. The van der Waals surface area contributed by atoms with Gasteiger partial charge in [0.05, 0.1) is 6.61 Å². The van der Waals surface area contributed by atoms with Crippen LogP contribution in [-0.2, 0) is 11.2 Å². The zero-order valence-corrected chi connectivity index (χ0v) is 11.1. The van der Waals surface area contributed by atoms with Gasteiger partial charge in [0.15, 0.2) is 0 Å². The van der Waals surface area contributed by atoms with E-state index in [1.165, 1.54) is 0 Å². The molecule has 0 aromatic carbocycles. The van der Waals surface area contributed by atoms with Crippen molar-refractivity contribution in [3.63, 3.8) is 0 Å². The molecule has 0 aliphatic carbocycles. The molecule has 0 atom stereocenters. The third-order valence-corrected chi connectivity index (χ3v) is 2.50. The van der Waals surface area contributed by atoms with Crippen LogP contribution in [0.1, 0.15) is 24.7 Å². The number of hydrogen-bond acceptors (Lipinski definition) is 5. The number of nitrogens with one attached hydrogen (secondary N) is 2. The first-order chi connectivity index (χ1) is 8.22. The predicted octanol–water partition coefficient (Wildman–Crippen LogP) is 1.84. The molecule has 0 bridgehead atoms. The Morgan fingerprint density at radius 1 is 1.24 bits per heavy atom. The molecule has 1 rings (SSSR count). The standard InChI is InChI=1S/C12H22N4O/c1-5-6-10-15-11(13-3)9(2)12(16-10)14-7-8-17-4/h5-8H2,1-4H3,(H2,13,14,15,16). The first-order valence-electron chi connectivity index (χ1n) is 6.01. The average Bonchev–Trinajstić information content (AvgIpc) is 2.33. The van der Waals surface area contributed by atoms with Crippen molar-refractivity contribution in [3.05, 3.63) is 11.4 Å². The van der Waals surface area contributed by atoms with Crippen molar-refractivity contribution in [2.75, 3.05) is 37.9 Å². The maximum Gasteiger partial charge on any atom is 0.134 e. The largest absolute Gasteiger partial charge is 0.383 e. The fourth-order valence-corrected chi connectivity index (χ4v) is 1.59. The number of rotatable bonds is 7. The van der Waals surface area contributed by atoms with Crippen LogP contribution in [0.5, 0.6) is 0 Å². The lowest BCUT2D eigenvalue weighted by atomic mass is 10.2. The number of aryl methyl sites for hydroxylation is 1. The van der Waals surface area contributed by atoms with Gasteiger partial charge in [0.2, 0.25) is 0 Å². The van der Waals surface area contributed by atoms with Crippen LogP contribution in [0.4, 0.5) is 11.6 Å². The lowest BCUT2D eigenvalue weighted by molar-refractivity contribution is 0.210. The Bertz CT molecular complexity index is 355. The minimum Gasteiger partial charge on any atom is -0.383 e. The van der Waals surface area contributed by atoms with Gasteiger partial charge in [-0.25, -0.2) is 9.97 Å². The average molecular weight is 238 g/mol. The second-order valence-corrected chi connectivity index (χ2v) is 3.88. The summed E-state index contributed by atoms with van der Waals surface area (Å²) in [6.07, 6.45) is 1.94. The molecule has 0 unspecified atom stereocenters. The van der Waals surface area contributed by atoms with Crippen LogP contribution < -0.4 is 10.6 Å². The Labute approximate surface area is 103 Å². The van der Waals surface area contributed by atoms with E-state index in [1.54, 1.807) is 7.11 Å². The van der Waals surface area contributed by atoms with Gasteiger partial charge in [-0.1, -0.05) is 6.92 Å². The molecule has 0 amide bonds. The molecular weight excluding hydrogens is 216 g/mol. The van der Waals surface area contributed by atoms with Crippen molar-refractivity contribution in [2.24, 2.45) is 0 Å². The third kappa shape index (κ3) is 3.85. The summed E-state index contributed by atoms with van der Waals surface area (Å²) in [4.78, 5) is 9.00. The van der Waals surface area contributed by atoms with E-state index in [2.05, 4.69) is 27.5 Å². The summed E-state index contributed by atoms with van der Waals surface area (Å²) < 4.78 is 5.02. The van der Waals surface area contributed by atoms with Crippen LogP contribution in [-0.4, -0.2) is 37.3 Å². The quantitative estimate of drug-likeness (QED) is 0.710. The highest BCUT2D eigenvalue weighted by Gasteiger charge is 2.08. The van der Waals surface area contributed by atoms with E-state index < -0.39 is 0 Å². The minimum absolute atomic E-state index is 0.668. The molecule has 0 fully saturated rings. The van der Waals surface area contributed by atoms with Crippen LogP contribution in [0.2, 0.25) is 0 Å². The molecule has 0 aliphatic heterocycles. The van der Waals surface area contributed by atoms with Crippen molar-refractivity contribution >= 4 is 11.6 Å². The highest BCUT2D eigenvalue weighted by Crippen LogP contribution is 2.19. The SMILES string of the molecule is CCCc1nc(NC)c(C)c(NCCOC)n1. The summed E-state index contributed by atoms with van der Waals surface area (Å²) in [5.74, 6) is 2.66. The highest BCUT2D eigenvalue weighted by atomic mass is 16.5. The first-order valence-corrected chi connectivity index (χ1v) is 6.01. The number of ether oxygens (including phenoxy) is 1. The van der Waals surface area contributed by atoms with Gasteiger partial charge >= 0.3 is 0 Å². The van der Waals surface area contributed by atoms with E-state index in [-0.39, 0.29) is 0 Å². The topological polar surface area (TPSA) is 59.1 Å². The molecule has 0 aliphatic rings. The Hall–Kier alpha value is -1.36. The summed E-state index contributed by atoms with van der Waals surface area (Å²) in [6, 6.07) is 0. The molecule has 17 heavy (non-hydrogen) atoms. The minimum atomic E-state index is 0.668. The summed E-state index contributed by atoms with van der Waals surface area (Å²) in [7, 11) is 3.57. The van der Waals surface area contributed by atoms with Gasteiger partial charge in [0, 0.05) is 32.7 Å². The molecule has 96 valence electrons. The van der Waals surface area contributed by atoms with Gasteiger partial charge in [0.25, 0.3) is 0 Å². The van der Waals surface area contributed by atoms with Gasteiger partial charge in [-0.3, -0.25) is 0 Å². The molecule has 1 aromatic heterocycles. The summed E-state index contributed by atoms with van der Waals surface area (Å²) >= 11 is 0. The lowest BCUT2D eigenvalue weighted by Crippen LogP contribution is -2.13. The number of nitrogens with zero attached hydrogens (tertiary/aromatic N) is 2. The van der Waals surface area contributed by atoms with E-state index in [4.69, 9.17) is 4.74 Å². The Morgan fingerprint density at radius 3 is 2.53 bits per heavy atom. The van der Waals surface area contributed by atoms with Gasteiger partial charge < -0.3 is 15.4 Å². The van der Waals surface area contributed by atoms with Crippen molar-refractivity contribution < 1.29 is 4.74 Å². The summed E-state index contributed by atoms with van der Waals surface area (Å²) in [6.45, 7) is 5.56. The molecule has 1 heterocycles. The molecule has 0 radical (unpaired) electrons. The van der Waals surface area contributed by atoms with Gasteiger partial charge in [-0.05, 0) is 13.3 Å². The van der Waals surface area contributed by atoms with E-state index in [0.29, 0.717) is 6.61 Å². The van der Waals surface area contributed by atoms with E-state index >= 15 is 0 Å². The number of hydrogen-bond donors (Lipinski definition) is 2. The Balaban J connectivity index is 2.88. The monoisotopic (exact) mass is 238 g/mol. The van der Waals surface area contributed by atoms with Crippen molar-refractivity contribution in [1.82, 2.24) is 9.97 Å². The highest BCUT2D eigenvalue weighted by molar-refractivity contribution is 5.56. The van der Waals surface area contributed by atoms with Crippen molar-refractivity contribution in [3.8, 4) is 0 Å². The van der Waals surface area contributed by atoms with E-state index in [0.717, 1.165) is 42.4 Å². The van der Waals surface area contributed by atoms with Crippen LogP contribution >= 0.6 is 0 Å². The second kappa shape index (κ2) is 7.06. The molecule has 5 heteroatoms. The number of aromatic nitrogens is 2. The third-order valence-electron chi connectivity index (χ3n) is 2.50. The molecule has 0 saturated carbocycles. The summed E-state index contributed by atoms with van der Waals surface area (Å²) in [5, 5.41) is 6.37. The molecule has 0 spiro atoms. The number of anilines is 2. The Kier molecular flexibility index (Phi) is 5.69. The van der Waals surface area contributed by atoms with E-state index in [1.807, 2.05) is 14.0 Å². The fourth-order valence-electron chi connectivity index (χ4n) is 1.59. The zero-order chi connectivity index (χ0) is 12.7. The number of methoxy groups -OCH3 is 1. The molecule has 5 nitrogen and oxygen atoms in total. The molecule has 1 aromatic rings. The summed E-state index contributed by atoms with van der Waals surface area (Å²) in [5.41, 5.74) is 1.04. The van der Waals surface area contributed by atoms with Crippen LogP contribution in [0.15, 0.2) is 0 Å². The van der Waals surface area contributed by atoms with Gasteiger partial charge in [-0.15, -0.1) is 0 Å². The van der Waals surface area contributed by atoms with Crippen LogP contribution in [0.25, 0.3) is 0 Å². The Morgan fingerprint density at radius 2 is 1.94 bits per heavy atom. The first kappa shape index (κ1) is 13.7. The zero-order valence-electron chi connectivity index (χ0n) is 11.1. The van der Waals surface area contributed by atoms with Crippen molar-refractivity contribution in [1.29, 1.82) is 0 Å². The van der Waals surface area contributed by atoms with Crippen LogP contribution in [0, 0.1) is 6.92 Å². The normalized spacial score (nSPS) is 10.4. The van der Waals surface area contributed by atoms with Crippen molar-refractivity contribution in [2.45, 2.75) is 26.7 Å². The van der Waals surface area contributed by atoms with Gasteiger partial charge in [0.1, 0.15) is 17.5 Å². The fraction of sp³-hybridized carbons (Fsp3) is 0.667. The van der Waals surface area contributed by atoms with E-state index in [9.17, 15) is 0 Å².